The molecule has 0 amide bonds. The van der Waals surface area contributed by atoms with Crippen LogP contribution >= 0.6 is 27.5 Å². The van der Waals surface area contributed by atoms with E-state index in [9.17, 15) is 0 Å². The van der Waals surface area contributed by atoms with E-state index in [1.54, 1.807) is 7.11 Å². The fraction of sp³-hybridized carbons (Fsp3) is 0.455. The third-order valence-electron chi connectivity index (χ3n) is 2.39. The highest BCUT2D eigenvalue weighted by Crippen LogP contribution is 2.31. The van der Waals surface area contributed by atoms with Crippen molar-refractivity contribution in [1.29, 1.82) is 0 Å². The minimum atomic E-state index is 0.750. The molecule has 0 fully saturated rings. The summed E-state index contributed by atoms with van der Waals surface area (Å²) in [6, 6.07) is 1.97. The molecular formula is C11H15BrClNO. The number of hydrogen-bond donors (Lipinski definition) is 1. The number of aryl methyl sites for hydroxylation is 1. The van der Waals surface area contributed by atoms with E-state index in [1.165, 1.54) is 0 Å². The number of ether oxygens (including phenoxy) is 1. The molecule has 2 nitrogen and oxygen atoms in total. The number of benzene rings is 1. The molecule has 1 aromatic rings. The zero-order valence-electron chi connectivity index (χ0n) is 9.16. The molecule has 0 aromatic heterocycles. The maximum absolute atomic E-state index is 6.20. The van der Waals surface area contributed by atoms with Crippen molar-refractivity contribution < 1.29 is 4.74 Å². The highest BCUT2D eigenvalue weighted by Gasteiger charge is 2.11. The Labute approximate surface area is 104 Å². The van der Waals surface area contributed by atoms with Crippen molar-refractivity contribution in [3.8, 4) is 5.75 Å². The third kappa shape index (κ3) is 2.86. The van der Waals surface area contributed by atoms with E-state index in [4.69, 9.17) is 16.3 Å². The Hall–Kier alpha value is -0.250. The van der Waals surface area contributed by atoms with Crippen LogP contribution < -0.4 is 10.1 Å². The van der Waals surface area contributed by atoms with E-state index >= 15 is 0 Å². The molecule has 0 unspecified atom stereocenters. The highest BCUT2D eigenvalue weighted by atomic mass is 79.9. The van der Waals surface area contributed by atoms with E-state index < -0.39 is 0 Å². The molecule has 4 heteroatoms. The molecule has 0 atom stereocenters. The van der Waals surface area contributed by atoms with Gasteiger partial charge in [0, 0.05) is 17.1 Å². The fourth-order valence-electron chi connectivity index (χ4n) is 1.53. The maximum Gasteiger partial charge on any atom is 0.123 e. The predicted molar refractivity (Wildman–Crippen MR) is 68.1 cm³/mol. The van der Waals surface area contributed by atoms with E-state index in [0.717, 1.165) is 39.5 Å². The van der Waals surface area contributed by atoms with Gasteiger partial charge in [-0.1, -0.05) is 27.5 Å². The van der Waals surface area contributed by atoms with Gasteiger partial charge in [0.15, 0.2) is 0 Å². The van der Waals surface area contributed by atoms with Crippen molar-refractivity contribution in [3.63, 3.8) is 0 Å². The first kappa shape index (κ1) is 12.8. The summed E-state index contributed by atoms with van der Waals surface area (Å²) in [7, 11) is 1.68. The first-order valence-electron chi connectivity index (χ1n) is 4.71. The summed E-state index contributed by atoms with van der Waals surface area (Å²) >= 11 is 9.52. The quantitative estimate of drug-likeness (QED) is 0.678. The van der Waals surface area contributed by atoms with Gasteiger partial charge >= 0.3 is 0 Å². The Bertz CT molecular complexity index is 355. The number of hydrogen-bond acceptors (Lipinski definition) is 2. The zero-order valence-corrected chi connectivity index (χ0v) is 11.5. The Morgan fingerprint density at radius 2 is 2.13 bits per heavy atom. The molecule has 0 spiro atoms. The summed E-state index contributed by atoms with van der Waals surface area (Å²) in [5, 5.41) is 4.03. The average molecular weight is 293 g/mol. The topological polar surface area (TPSA) is 21.3 Å². The average Bonchev–Trinajstić information content (AvgIpc) is 2.24. The molecule has 84 valence electrons. The first-order chi connectivity index (χ1) is 7.11. The second-order valence-electron chi connectivity index (χ2n) is 3.37. The second-order valence-corrected chi connectivity index (χ2v) is 4.31. The van der Waals surface area contributed by atoms with E-state index in [-0.39, 0.29) is 0 Å². The monoisotopic (exact) mass is 291 g/mol. The SMILES string of the molecule is COc1cc(C)c(Cl)c(C)c1CNCBr. The molecule has 15 heavy (non-hydrogen) atoms. The Balaban J connectivity index is 3.15. The largest absolute Gasteiger partial charge is 0.496 e. The van der Waals surface area contributed by atoms with E-state index in [1.807, 2.05) is 19.9 Å². The molecule has 0 bridgehead atoms. The van der Waals surface area contributed by atoms with Crippen LogP contribution in [-0.4, -0.2) is 12.6 Å². The lowest BCUT2D eigenvalue weighted by molar-refractivity contribution is 0.407. The Kier molecular flexibility index (Phi) is 4.90. The maximum atomic E-state index is 6.20. The molecule has 0 aliphatic heterocycles. The molecule has 0 saturated heterocycles. The van der Waals surface area contributed by atoms with Crippen LogP contribution in [0.2, 0.25) is 5.02 Å². The number of rotatable bonds is 4. The van der Waals surface area contributed by atoms with Gasteiger partial charge in [-0.05, 0) is 31.0 Å². The van der Waals surface area contributed by atoms with Crippen LogP contribution in [0, 0.1) is 13.8 Å². The van der Waals surface area contributed by atoms with Crippen molar-refractivity contribution in [2.75, 3.05) is 12.6 Å². The smallest absolute Gasteiger partial charge is 0.123 e. The van der Waals surface area contributed by atoms with Crippen LogP contribution in [0.15, 0.2) is 6.07 Å². The van der Waals surface area contributed by atoms with Gasteiger partial charge in [0.25, 0.3) is 0 Å². The standard InChI is InChI=1S/C11H15BrClNO/c1-7-4-10(15-3)9(5-14-6-12)8(2)11(7)13/h4,14H,5-6H2,1-3H3. The summed E-state index contributed by atoms with van der Waals surface area (Å²) < 4.78 is 5.35. The van der Waals surface area contributed by atoms with Crippen LogP contribution in [0.5, 0.6) is 5.75 Å². The number of methoxy groups -OCH3 is 1. The van der Waals surface area contributed by atoms with Gasteiger partial charge in [-0.3, -0.25) is 0 Å². The van der Waals surface area contributed by atoms with E-state index in [2.05, 4.69) is 21.2 Å². The zero-order chi connectivity index (χ0) is 11.4. The molecule has 1 N–H and O–H groups in total. The highest BCUT2D eigenvalue weighted by molar-refractivity contribution is 9.09. The van der Waals surface area contributed by atoms with Gasteiger partial charge in [-0.15, -0.1) is 0 Å². The molecule has 0 heterocycles. The molecule has 1 aromatic carbocycles. The lowest BCUT2D eigenvalue weighted by Gasteiger charge is -2.15. The third-order valence-corrected chi connectivity index (χ3v) is 3.37. The van der Waals surface area contributed by atoms with Gasteiger partial charge in [0.1, 0.15) is 5.75 Å². The van der Waals surface area contributed by atoms with Gasteiger partial charge in [-0.2, -0.15) is 0 Å². The minimum Gasteiger partial charge on any atom is -0.496 e. The molecule has 1 rings (SSSR count). The molecule has 0 aliphatic rings. The van der Waals surface area contributed by atoms with Gasteiger partial charge in [0.05, 0.1) is 12.6 Å². The van der Waals surface area contributed by atoms with Crippen LogP contribution in [0.3, 0.4) is 0 Å². The van der Waals surface area contributed by atoms with Gasteiger partial charge in [0.2, 0.25) is 0 Å². The Morgan fingerprint density at radius 3 is 2.67 bits per heavy atom. The van der Waals surface area contributed by atoms with Gasteiger partial charge < -0.3 is 10.1 Å². The molecular weight excluding hydrogens is 277 g/mol. The van der Waals surface area contributed by atoms with Crippen molar-refractivity contribution >= 4 is 27.5 Å². The van der Waals surface area contributed by atoms with Crippen LogP contribution in [-0.2, 0) is 6.54 Å². The fourth-order valence-corrected chi connectivity index (χ4v) is 1.90. The summed E-state index contributed by atoms with van der Waals surface area (Å²) in [6.07, 6.45) is 0. The number of alkyl halides is 1. The lowest BCUT2D eigenvalue weighted by atomic mass is 10.0. The summed E-state index contributed by atoms with van der Waals surface area (Å²) in [6.45, 7) is 4.75. The normalized spacial score (nSPS) is 10.5. The van der Waals surface area contributed by atoms with Gasteiger partial charge in [-0.25, -0.2) is 0 Å². The minimum absolute atomic E-state index is 0.750. The lowest BCUT2D eigenvalue weighted by Crippen LogP contribution is -2.12. The van der Waals surface area contributed by atoms with Crippen molar-refractivity contribution in [2.45, 2.75) is 20.4 Å². The summed E-state index contributed by atoms with van der Waals surface area (Å²) in [5.41, 5.74) is 4.00. The van der Waals surface area contributed by atoms with Crippen LogP contribution in [0.4, 0.5) is 0 Å². The number of halogens is 2. The second kappa shape index (κ2) is 5.73. The van der Waals surface area contributed by atoms with Crippen LogP contribution in [0.1, 0.15) is 16.7 Å². The predicted octanol–water partition coefficient (Wildman–Crippen LogP) is 3.41. The van der Waals surface area contributed by atoms with Crippen molar-refractivity contribution in [2.24, 2.45) is 0 Å². The van der Waals surface area contributed by atoms with Crippen molar-refractivity contribution in [3.05, 3.63) is 27.8 Å². The summed E-state index contributed by atoms with van der Waals surface area (Å²) in [4.78, 5) is 0. The molecule has 0 aliphatic carbocycles. The number of nitrogens with one attached hydrogen (secondary N) is 1. The summed E-state index contributed by atoms with van der Waals surface area (Å²) in [5.74, 6) is 0.892. The van der Waals surface area contributed by atoms with Crippen LogP contribution in [0.25, 0.3) is 0 Å². The molecule has 0 saturated carbocycles. The first-order valence-corrected chi connectivity index (χ1v) is 6.21. The van der Waals surface area contributed by atoms with Crippen molar-refractivity contribution in [1.82, 2.24) is 5.32 Å². The molecule has 0 radical (unpaired) electrons. The van der Waals surface area contributed by atoms with E-state index in [0.29, 0.717) is 0 Å². The Morgan fingerprint density at radius 1 is 1.47 bits per heavy atom.